The van der Waals surface area contributed by atoms with Gasteiger partial charge in [0.05, 0.1) is 19.0 Å². The molecule has 0 bridgehead atoms. The molecule has 1 atom stereocenters. The van der Waals surface area contributed by atoms with Crippen LogP contribution in [0.25, 0.3) is 0 Å². The number of ether oxygens (including phenoxy) is 2. The summed E-state index contributed by atoms with van der Waals surface area (Å²) in [6.45, 7) is 5.57. The van der Waals surface area contributed by atoms with E-state index in [1.54, 1.807) is 6.26 Å². The Morgan fingerprint density at radius 1 is 1.44 bits per heavy atom. The molecule has 1 rings (SSSR count). The monoisotopic (exact) mass is 257 g/mol. The summed E-state index contributed by atoms with van der Waals surface area (Å²) >= 11 is 0. The first-order valence-corrected chi connectivity index (χ1v) is 6.39. The molecule has 1 aromatic heterocycles. The van der Waals surface area contributed by atoms with Crippen LogP contribution in [-0.2, 0) is 16.1 Å². The molecule has 0 aliphatic carbocycles. The fraction of sp³-hybridized carbons (Fsp3) is 0.692. The highest BCUT2D eigenvalue weighted by Gasteiger charge is 2.04. The van der Waals surface area contributed by atoms with Gasteiger partial charge in [0.1, 0.15) is 12.4 Å². The number of aliphatic hydroxyl groups is 1. The number of rotatable bonds is 11. The standard InChI is InChI=1S/C13H23NO4/c1-2-16-7-4-6-14-9-12(15)10-17-11-13-5-3-8-18-13/h3,5,8,12,14-15H,2,4,6-7,9-11H2,1H3. The molecule has 0 aliphatic rings. The van der Waals surface area contributed by atoms with Gasteiger partial charge in [-0.1, -0.05) is 0 Å². The Morgan fingerprint density at radius 2 is 2.33 bits per heavy atom. The lowest BCUT2D eigenvalue weighted by Gasteiger charge is -2.11. The van der Waals surface area contributed by atoms with Crippen LogP contribution in [0.5, 0.6) is 0 Å². The van der Waals surface area contributed by atoms with Crippen LogP contribution in [0.3, 0.4) is 0 Å². The van der Waals surface area contributed by atoms with Crippen molar-refractivity contribution in [2.75, 3.05) is 32.9 Å². The van der Waals surface area contributed by atoms with Crippen molar-refractivity contribution in [3.8, 4) is 0 Å². The number of hydrogen-bond acceptors (Lipinski definition) is 5. The minimum absolute atomic E-state index is 0.305. The molecule has 0 amide bonds. The van der Waals surface area contributed by atoms with Gasteiger partial charge in [-0.25, -0.2) is 0 Å². The molecule has 0 saturated heterocycles. The van der Waals surface area contributed by atoms with Gasteiger partial charge in [-0.05, 0) is 32.0 Å². The molecular formula is C13H23NO4. The second kappa shape index (κ2) is 10.1. The first-order valence-electron chi connectivity index (χ1n) is 6.39. The van der Waals surface area contributed by atoms with E-state index in [0.29, 0.717) is 19.8 Å². The fourth-order valence-electron chi connectivity index (χ4n) is 1.46. The third-order valence-corrected chi connectivity index (χ3v) is 2.36. The number of nitrogens with one attached hydrogen (secondary N) is 1. The Balaban J connectivity index is 1.89. The molecule has 0 spiro atoms. The molecule has 5 heteroatoms. The number of aliphatic hydroxyl groups excluding tert-OH is 1. The lowest BCUT2D eigenvalue weighted by molar-refractivity contribution is 0.0225. The number of furan rings is 1. The molecule has 0 aliphatic heterocycles. The third-order valence-electron chi connectivity index (χ3n) is 2.36. The van der Waals surface area contributed by atoms with E-state index >= 15 is 0 Å². The van der Waals surface area contributed by atoms with Gasteiger partial charge in [0.15, 0.2) is 0 Å². The van der Waals surface area contributed by atoms with Gasteiger partial charge in [0, 0.05) is 19.8 Å². The number of hydrogen-bond donors (Lipinski definition) is 2. The predicted molar refractivity (Wildman–Crippen MR) is 68.4 cm³/mol. The van der Waals surface area contributed by atoms with Crippen molar-refractivity contribution >= 4 is 0 Å². The quantitative estimate of drug-likeness (QED) is 0.583. The highest BCUT2D eigenvalue weighted by Crippen LogP contribution is 2.01. The molecule has 1 aromatic rings. The largest absolute Gasteiger partial charge is 0.467 e. The highest BCUT2D eigenvalue weighted by atomic mass is 16.5. The predicted octanol–water partition coefficient (Wildman–Crippen LogP) is 1.17. The van der Waals surface area contributed by atoms with Crippen LogP contribution in [0.1, 0.15) is 19.1 Å². The van der Waals surface area contributed by atoms with Crippen LogP contribution in [0.2, 0.25) is 0 Å². The molecule has 18 heavy (non-hydrogen) atoms. The summed E-state index contributed by atoms with van der Waals surface area (Å²) in [6.07, 6.45) is 2.06. The van der Waals surface area contributed by atoms with E-state index in [2.05, 4.69) is 5.32 Å². The first-order chi connectivity index (χ1) is 8.83. The Kier molecular flexibility index (Phi) is 8.50. The first kappa shape index (κ1) is 15.2. The van der Waals surface area contributed by atoms with Crippen molar-refractivity contribution in [3.05, 3.63) is 24.2 Å². The zero-order chi connectivity index (χ0) is 13.1. The normalized spacial score (nSPS) is 12.8. The summed E-state index contributed by atoms with van der Waals surface area (Å²) in [7, 11) is 0. The highest BCUT2D eigenvalue weighted by molar-refractivity contribution is 4.96. The van der Waals surface area contributed by atoms with Gasteiger partial charge < -0.3 is 24.3 Å². The molecule has 2 N–H and O–H groups in total. The Hall–Kier alpha value is -0.880. The van der Waals surface area contributed by atoms with Crippen LogP contribution >= 0.6 is 0 Å². The van der Waals surface area contributed by atoms with E-state index in [1.807, 2.05) is 19.1 Å². The van der Waals surface area contributed by atoms with Crippen molar-refractivity contribution in [1.82, 2.24) is 5.32 Å². The molecule has 0 aromatic carbocycles. The topological polar surface area (TPSA) is 63.9 Å². The van der Waals surface area contributed by atoms with Crippen LogP contribution in [0.4, 0.5) is 0 Å². The maximum atomic E-state index is 9.63. The Morgan fingerprint density at radius 3 is 3.06 bits per heavy atom. The summed E-state index contributed by atoms with van der Waals surface area (Å²) in [6, 6.07) is 3.66. The minimum Gasteiger partial charge on any atom is -0.467 e. The smallest absolute Gasteiger partial charge is 0.129 e. The lowest BCUT2D eigenvalue weighted by atomic mass is 10.3. The van der Waals surface area contributed by atoms with E-state index < -0.39 is 6.10 Å². The third kappa shape index (κ3) is 7.45. The summed E-state index contributed by atoms with van der Waals surface area (Å²) in [5.41, 5.74) is 0. The SMILES string of the molecule is CCOCCCNCC(O)COCc1ccco1. The van der Waals surface area contributed by atoms with E-state index in [-0.39, 0.29) is 0 Å². The summed E-state index contributed by atoms with van der Waals surface area (Å²) in [4.78, 5) is 0. The summed E-state index contributed by atoms with van der Waals surface area (Å²) in [5, 5.41) is 12.8. The summed E-state index contributed by atoms with van der Waals surface area (Å²) in [5.74, 6) is 0.770. The average molecular weight is 257 g/mol. The van der Waals surface area contributed by atoms with E-state index in [0.717, 1.165) is 31.9 Å². The van der Waals surface area contributed by atoms with Crippen LogP contribution in [0, 0.1) is 0 Å². The Bertz CT molecular complexity index is 277. The van der Waals surface area contributed by atoms with Crippen molar-refractivity contribution in [2.24, 2.45) is 0 Å². The van der Waals surface area contributed by atoms with Gasteiger partial charge >= 0.3 is 0 Å². The van der Waals surface area contributed by atoms with Crippen molar-refractivity contribution in [3.63, 3.8) is 0 Å². The second-order valence-corrected chi connectivity index (χ2v) is 4.00. The van der Waals surface area contributed by atoms with Crippen LogP contribution in [0.15, 0.2) is 22.8 Å². The van der Waals surface area contributed by atoms with Crippen LogP contribution in [-0.4, -0.2) is 44.1 Å². The maximum absolute atomic E-state index is 9.63. The molecule has 1 unspecified atom stereocenters. The molecule has 104 valence electrons. The second-order valence-electron chi connectivity index (χ2n) is 4.00. The van der Waals surface area contributed by atoms with Gasteiger partial charge in [-0.15, -0.1) is 0 Å². The zero-order valence-corrected chi connectivity index (χ0v) is 10.9. The van der Waals surface area contributed by atoms with E-state index in [4.69, 9.17) is 13.9 Å². The van der Waals surface area contributed by atoms with Crippen molar-refractivity contribution in [2.45, 2.75) is 26.1 Å². The van der Waals surface area contributed by atoms with Gasteiger partial charge in [0.2, 0.25) is 0 Å². The van der Waals surface area contributed by atoms with Gasteiger partial charge in [-0.2, -0.15) is 0 Å². The Labute approximate surface area is 108 Å². The van der Waals surface area contributed by atoms with Crippen LogP contribution < -0.4 is 5.32 Å². The molecule has 0 saturated carbocycles. The average Bonchev–Trinajstić information content (AvgIpc) is 2.87. The molecule has 5 nitrogen and oxygen atoms in total. The van der Waals surface area contributed by atoms with E-state index in [1.165, 1.54) is 0 Å². The zero-order valence-electron chi connectivity index (χ0n) is 10.9. The molecule has 1 heterocycles. The lowest BCUT2D eigenvalue weighted by Crippen LogP contribution is -2.31. The van der Waals surface area contributed by atoms with Crippen molar-refractivity contribution in [1.29, 1.82) is 0 Å². The minimum atomic E-state index is -0.493. The molecule has 0 fully saturated rings. The van der Waals surface area contributed by atoms with Gasteiger partial charge in [-0.3, -0.25) is 0 Å². The summed E-state index contributed by atoms with van der Waals surface area (Å²) < 4.78 is 15.7. The molecule has 0 radical (unpaired) electrons. The maximum Gasteiger partial charge on any atom is 0.129 e. The van der Waals surface area contributed by atoms with Gasteiger partial charge in [0.25, 0.3) is 0 Å². The fourth-order valence-corrected chi connectivity index (χ4v) is 1.46. The van der Waals surface area contributed by atoms with E-state index in [9.17, 15) is 5.11 Å². The van der Waals surface area contributed by atoms with Crippen molar-refractivity contribution < 1.29 is 19.0 Å². The molecular weight excluding hydrogens is 234 g/mol.